The smallest absolute Gasteiger partial charge is 0.0702 e. The quantitative estimate of drug-likeness (QED) is 0.762. The third kappa shape index (κ3) is 4.67. The van der Waals surface area contributed by atoms with Crippen LogP contribution in [0.3, 0.4) is 0 Å². The van der Waals surface area contributed by atoms with Gasteiger partial charge in [-0.3, -0.25) is 4.90 Å². The van der Waals surface area contributed by atoms with E-state index in [2.05, 4.69) is 18.9 Å². The molecule has 1 saturated heterocycles. The zero-order valence-electron chi connectivity index (χ0n) is 14.3. The fourth-order valence-corrected chi connectivity index (χ4v) is 4.35. The van der Waals surface area contributed by atoms with Crippen LogP contribution < -0.4 is 5.73 Å². The van der Waals surface area contributed by atoms with Crippen molar-refractivity contribution in [1.82, 2.24) is 4.90 Å². The first-order valence-electron chi connectivity index (χ1n) is 9.23. The van der Waals surface area contributed by atoms with Crippen LogP contribution in [0.25, 0.3) is 0 Å². The lowest BCUT2D eigenvalue weighted by Crippen LogP contribution is -2.54. The summed E-state index contributed by atoms with van der Waals surface area (Å²) >= 11 is 0. The Hall–Kier alpha value is -0.120. The van der Waals surface area contributed by atoms with Crippen LogP contribution in [0.5, 0.6) is 0 Å². The third-order valence-electron chi connectivity index (χ3n) is 5.91. The van der Waals surface area contributed by atoms with Crippen molar-refractivity contribution in [2.45, 2.75) is 82.8 Å². The Morgan fingerprint density at radius 3 is 2.67 bits per heavy atom. The van der Waals surface area contributed by atoms with Crippen molar-refractivity contribution < 1.29 is 4.74 Å². The monoisotopic (exact) mass is 296 g/mol. The molecule has 0 radical (unpaired) electrons. The summed E-state index contributed by atoms with van der Waals surface area (Å²) in [6, 6.07) is 0. The van der Waals surface area contributed by atoms with Gasteiger partial charge in [0.25, 0.3) is 0 Å². The second kappa shape index (κ2) is 8.50. The highest BCUT2D eigenvalue weighted by Crippen LogP contribution is 2.35. The molecule has 0 spiro atoms. The van der Waals surface area contributed by atoms with Gasteiger partial charge in [0.05, 0.1) is 6.10 Å². The minimum absolute atomic E-state index is 0.225. The molecule has 3 atom stereocenters. The Bertz CT molecular complexity index is 291. The summed E-state index contributed by atoms with van der Waals surface area (Å²) in [6.07, 6.45) is 13.6. The van der Waals surface area contributed by atoms with Gasteiger partial charge < -0.3 is 10.5 Å². The van der Waals surface area contributed by atoms with Crippen molar-refractivity contribution in [3.05, 3.63) is 0 Å². The molecule has 21 heavy (non-hydrogen) atoms. The predicted octanol–water partition coefficient (Wildman–Crippen LogP) is 3.57. The molecule has 1 heterocycles. The molecule has 3 heteroatoms. The zero-order chi connectivity index (χ0) is 15.1. The van der Waals surface area contributed by atoms with Crippen LogP contribution in [0, 0.1) is 5.92 Å². The maximum Gasteiger partial charge on any atom is 0.0702 e. The molecule has 2 aliphatic rings. The molecule has 0 amide bonds. The van der Waals surface area contributed by atoms with Crippen molar-refractivity contribution in [1.29, 1.82) is 0 Å². The normalized spacial score (nSPS) is 34.9. The summed E-state index contributed by atoms with van der Waals surface area (Å²) in [5, 5.41) is 0. The SMILES string of the molecule is CCCC1CCCC(CN)(N(C)CC2CCCCO2)CC1. The number of hydrogen-bond donors (Lipinski definition) is 1. The highest BCUT2D eigenvalue weighted by molar-refractivity contribution is 4.94. The molecular weight excluding hydrogens is 260 g/mol. The highest BCUT2D eigenvalue weighted by atomic mass is 16.5. The van der Waals surface area contributed by atoms with Crippen LogP contribution in [0.1, 0.15) is 71.1 Å². The van der Waals surface area contributed by atoms with Crippen molar-refractivity contribution in [3.8, 4) is 0 Å². The van der Waals surface area contributed by atoms with Gasteiger partial charge in [0.2, 0.25) is 0 Å². The Labute approximate surface area is 131 Å². The van der Waals surface area contributed by atoms with Crippen molar-refractivity contribution in [3.63, 3.8) is 0 Å². The van der Waals surface area contributed by atoms with Gasteiger partial charge >= 0.3 is 0 Å². The molecule has 0 aromatic rings. The predicted molar refractivity (Wildman–Crippen MR) is 89.5 cm³/mol. The molecule has 1 aliphatic carbocycles. The van der Waals surface area contributed by atoms with Gasteiger partial charge in [-0.1, -0.05) is 32.6 Å². The molecule has 2 fully saturated rings. The van der Waals surface area contributed by atoms with Gasteiger partial charge in [-0.15, -0.1) is 0 Å². The number of nitrogens with two attached hydrogens (primary N) is 1. The number of ether oxygens (including phenoxy) is 1. The second-order valence-corrected chi connectivity index (χ2v) is 7.38. The number of likely N-dealkylation sites (N-methyl/N-ethyl adjacent to an activating group) is 1. The van der Waals surface area contributed by atoms with Crippen molar-refractivity contribution >= 4 is 0 Å². The molecule has 124 valence electrons. The van der Waals surface area contributed by atoms with Gasteiger partial charge in [0, 0.05) is 25.2 Å². The molecule has 0 bridgehead atoms. The van der Waals surface area contributed by atoms with Crippen LogP contribution >= 0.6 is 0 Å². The number of hydrogen-bond acceptors (Lipinski definition) is 3. The van der Waals surface area contributed by atoms with E-state index >= 15 is 0 Å². The van der Waals surface area contributed by atoms with Crippen LogP contribution in [0.2, 0.25) is 0 Å². The largest absolute Gasteiger partial charge is 0.377 e. The van der Waals surface area contributed by atoms with E-state index in [-0.39, 0.29) is 5.54 Å². The summed E-state index contributed by atoms with van der Waals surface area (Å²) < 4.78 is 5.94. The second-order valence-electron chi connectivity index (χ2n) is 7.38. The van der Waals surface area contributed by atoms with E-state index in [4.69, 9.17) is 10.5 Å². The lowest BCUT2D eigenvalue weighted by molar-refractivity contribution is -0.0256. The minimum Gasteiger partial charge on any atom is -0.377 e. The van der Waals surface area contributed by atoms with Crippen LogP contribution in [0.15, 0.2) is 0 Å². The molecule has 2 N–H and O–H groups in total. The summed E-state index contributed by atoms with van der Waals surface area (Å²) in [7, 11) is 2.28. The topological polar surface area (TPSA) is 38.5 Å². The van der Waals surface area contributed by atoms with E-state index in [0.29, 0.717) is 6.10 Å². The van der Waals surface area contributed by atoms with Crippen molar-refractivity contribution in [2.75, 3.05) is 26.7 Å². The summed E-state index contributed by atoms with van der Waals surface area (Å²) in [6.45, 7) is 5.13. The van der Waals surface area contributed by atoms with Gasteiger partial charge in [-0.2, -0.15) is 0 Å². The van der Waals surface area contributed by atoms with E-state index in [1.165, 1.54) is 64.2 Å². The lowest BCUT2D eigenvalue weighted by atomic mass is 9.87. The molecule has 0 aromatic carbocycles. The van der Waals surface area contributed by atoms with E-state index in [9.17, 15) is 0 Å². The van der Waals surface area contributed by atoms with E-state index in [0.717, 1.165) is 25.6 Å². The van der Waals surface area contributed by atoms with E-state index in [1.807, 2.05) is 0 Å². The molecule has 0 aromatic heterocycles. The first-order valence-corrected chi connectivity index (χ1v) is 9.23. The van der Waals surface area contributed by atoms with Crippen molar-refractivity contribution in [2.24, 2.45) is 11.7 Å². The maximum absolute atomic E-state index is 6.25. The van der Waals surface area contributed by atoms with Crippen LogP contribution in [-0.4, -0.2) is 43.3 Å². The zero-order valence-corrected chi connectivity index (χ0v) is 14.3. The molecule has 1 saturated carbocycles. The molecule has 3 nitrogen and oxygen atoms in total. The average Bonchev–Trinajstić information content (AvgIpc) is 2.72. The summed E-state index contributed by atoms with van der Waals surface area (Å²) in [5.74, 6) is 0.933. The van der Waals surface area contributed by atoms with Gasteiger partial charge in [-0.05, 0) is 51.5 Å². The summed E-state index contributed by atoms with van der Waals surface area (Å²) in [5.41, 5.74) is 6.48. The molecule has 2 rings (SSSR count). The average molecular weight is 296 g/mol. The summed E-state index contributed by atoms with van der Waals surface area (Å²) in [4.78, 5) is 2.55. The minimum atomic E-state index is 0.225. The third-order valence-corrected chi connectivity index (χ3v) is 5.91. The lowest BCUT2D eigenvalue weighted by Gasteiger charge is -2.43. The number of rotatable bonds is 6. The Kier molecular flexibility index (Phi) is 6.97. The fourth-order valence-electron chi connectivity index (χ4n) is 4.35. The Morgan fingerprint density at radius 1 is 1.14 bits per heavy atom. The van der Waals surface area contributed by atoms with Crippen LogP contribution in [0.4, 0.5) is 0 Å². The van der Waals surface area contributed by atoms with E-state index in [1.54, 1.807) is 0 Å². The first-order chi connectivity index (χ1) is 10.2. The molecule has 3 unspecified atom stereocenters. The number of nitrogens with zero attached hydrogens (tertiary/aromatic N) is 1. The molecular formula is C18H36N2O. The maximum atomic E-state index is 6.25. The first kappa shape index (κ1) is 17.2. The molecule has 1 aliphatic heterocycles. The highest BCUT2D eigenvalue weighted by Gasteiger charge is 2.36. The Morgan fingerprint density at radius 2 is 2.00 bits per heavy atom. The van der Waals surface area contributed by atoms with E-state index < -0.39 is 0 Å². The van der Waals surface area contributed by atoms with Gasteiger partial charge in [0.1, 0.15) is 0 Å². The van der Waals surface area contributed by atoms with Gasteiger partial charge in [0.15, 0.2) is 0 Å². The fraction of sp³-hybridized carbons (Fsp3) is 1.00. The van der Waals surface area contributed by atoms with Crippen LogP contribution in [-0.2, 0) is 4.74 Å². The Balaban J connectivity index is 1.92. The standard InChI is InChI=1S/C18H36N2O/c1-3-7-16-8-6-11-18(15-19,12-10-16)20(2)14-17-9-4-5-13-21-17/h16-17H,3-15,19H2,1-2H3. The van der Waals surface area contributed by atoms with Gasteiger partial charge in [-0.25, -0.2) is 0 Å².